The highest BCUT2D eigenvalue weighted by Gasteiger charge is 2.21. The number of rotatable bonds is 5. The second-order valence-corrected chi connectivity index (χ2v) is 5.14. The molecule has 0 spiro atoms. The first-order valence-corrected chi connectivity index (χ1v) is 6.89. The summed E-state index contributed by atoms with van der Waals surface area (Å²) in [5.74, 6) is 1.00. The highest BCUT2D eigenvalue weighted by molar-refractivity contribution is 5.50. The summed E-state index contributed by atoms with van der Waals surface area (Å²) in [5.41, 5.74) is 0.789. The molecule has 0 bridgehead atoms. The first-order valence-electron chi connectivity index (χ1n) is 6.89. The predicted molar refractivity (Wildman–Crippen MR) is 73.8 cm³/mol. The van der Waals surface area contributed by atoms with Crippen molar-refractivity contribution in [3.8, 4) is 11.5 Å². The third kappa shape index (κ3) is 3.39. The van der Waals surface area contributed by atoms with Crippen LogP contribution < -0.4 is 14.8 Å². The first kappa shape index (κ1) is 15.0. The third-order valence-corrected chi connectivity index (χ3v) is 3.73. The van der Waals surface area contributed by atoms with E-state index in [1.165, 1.54) is 14.2 Å². The molecule has 1 aromatic carbocycles. The van der Waals surface area contributed by atoms with Crippen molar-refractivity contribution in [3.05, 3.63) is 23.3 Å². The zero-order valence-corrected chi connectivity index (χ0v) is 11.9. The van der Waals surface area contributed by atoms with Crippen LogP contribution in [0.25, 0.3) is 0 Å². The van der Waals surface area contributed by atoms with Gasteiger partial charge < -0.3 is 14.8 Å². The highest BCUT2D eigenvalue weighted by Crippen LogP contribution is 2.38. The van der Waals surface area contributed by atoms with Crippen molar-refractivity contribution >= 4 is 0 Å². The van der Waals surface area contributed by atoms with Crippen LogP contribution in [-0.2, 0) is 6.42 Å². The van der Waals surface area contributed by atoms with Crippen molar-refractivity contribution < 1.29 is 18.3 Å². The molecule has 0 saturated carbocycles. The van der Waals surface area contributed by atoms with Crippen LogP contribution in [0.2, 0.25) is 0 Å². The van der Waals surface area contributed by atoms with Crippen LogP contribution in [0.5, 0.6) is 11.5 Å². The van der Waals surface area contributed by atoms with E-state index in [-0.39, 0.29) is 11.3 Å². The minimum Gasteiger partial charge on any atom is -0.493 e. The largest absolute Gasteiger partial charge is 0.493 e. The van der Waals surface area contributed by atoms with Gasteiger partial charge in [0, 0.05) is 0 Å². The molecule has 2 rings (SSSR count). The van der Waals surface area contributed by atoms with E-state index >= 15 is 0 Å². The van der Waals surface area contributed by atoms with Gasteiger partial charge in [0.2, 0.25) is 0 Å². The van der Waals surface area contributed by atoms with E-state index < -0.39 is 6.43 Å². The van der Waals surface area contributed by atoms with Crippen molar-refractivity contribution in [1.29, 1.82) is 0 Å². The molecule has 1 unspecified atom stereocenters. The van der Waals surface area contributed by atoms with Crippen molar-refractivity contribution in [2.24, 2.45) is 5.92 Å². The maximum Gasteiger partial charge on any atom is 0.267 e. The van der Waals surface area contributed by atoms with Gasteiger partial charge >= 0.3 is 0 Å². The molecule has 1 saturated heterocycles. The Morgan fingerprint density at radius 3 is 2.65 bits per heavy atom. The molecule has 1 aliphatic heterocycles. The monoisotopic (exact) mass is 285 g/mol. The molecule has 20 heavy (non-hydrogen) atoms. The van der Waals surface area contributed by atoms with Gasteiger partial charge in [0.1, 0.15) is 0 Å². The molecule has 1 fully saturated rings. The molecule has 1 heterocycles. The summed E-state index contributed by atoms with van der Waals surface area (Å²) in [7, 11) is 2.85. The summed E-state index contributed by atoms with van der Waals surface area (Å²) in [5, 5.41) is 3.34. The van der Waals surface area contributed by atoms with Crippen LogP contribution >= 0.6 is 0 Å². The average molecular weight is 285 g/mol. The molecule has 0 aromatic heterocycles. The van der Waals surface area contributed by atoms with Crippen LogP contribution in [0.4, 0.5) is 8.78 Å². The Kier molecular flexibility index (Phi) is 5.17. The lowest BCUT2D eigenvalue weighted by molar-refractivity contribution is 0.146. The maximum absolute atomic E-state index is 13.1. The Bertz CT molecular complexity index is 446. The summed E-state index contributed by atoms with van der Waals surface area (Å²) in [6.45, 7) is 1.99. The quantitative estimate of drug-likeness (QED) is 0.901. The fraction of sp³-hybridized carbons (Fsp3) is 0.600. The lowest BCUT2D eigenvalue weighted by Gasteiger charge is -2.23. The number of hydrogen-bond acceptors (Lipinski definition) is 3. The van der Waals surface area contributed by atoms with E-state index in [9.17, 15) is 8.78 Å². The van der Waals surface area contributed by atoms with Gasteiger partial charge in [0.25, 0.3) is 6.43 Å². The molecule has 1 aromatic rings. The van der Waals surface area contributed by atoms with E-state index in [2.05, 4.69) is 5.32 Å². The van der Waals surface area contributed by atoms with Crippen LogP contribution in [0.15, 0.2) is 12.1 Å². The van der Waals surface area contributed by atoms with Crippen molar-refractivity contribution in [2.75, 3.05) is 27.3 Å². The minimum absolute atomic E-state index is 0.0920. The van der Waals surface area contributed by atoms with E-state index in [0.29, 0.717) is 11.7 Å². The van der Waals surface area contributed by atoms with Crippen molar-refractivity contribution in [3.63, 3.8) is 0 Å². The summed E-state index contributed by atoms with van der Waals surface area (Å²) in [4.78, 5) is 0. The Balaban J connectivity index is 2.26. The number of nitrogens with one attached hydrogen (secondary N) is 1. The number of methoxy groups -OCH3 is 2. The minimum atomic E-state index is -2.57. The number of halogens is 2. The lowest BCUT2D eigenvalue weighted by Crippen LogP contribution is -2.30. The molecule has 1 N–H and O–H groups in total. The van der Waals surface area contributed by atoms with E-state index in [1.807, 2.05) is 0 Å². The van der Waals surface area contributed by atoms with Crippen LogP contribution in [0.1, 0.15) is 30.4 Å². The standard InChI is InChI=1S/C15H21F2NO2/c1-19-13-8-11(6-10-4-3-5-18-9-10)7-12(15(16)17)14(13)20-2/h7-8,10,15,18H,3-6,9H2,1-2H3. The first-order chi connectivity index (χ1) is 9.65. The zero-order chi connectivity index (χ0) is 14.5. The lowest BCUT2D eigenvalue weighted by atomic mass is 9.91. The van der Waals surface area contributed by atoms with Gasteiger partial charge in [-0.2, -0.15) is 0 Å². The topological polar surface area (TPSA) is 30.5 Å². The van der Waals surface area contributed by atoms with E-state index in [4.69, 9.17) is 9.47 Å². The van der Waals surface area contributed by atoms with Crippen molar-refractivity contribution in [1.82, 2.24) is 5.32 Å². The van der Waals surface area contributed by atoms with Crippen molar-refractivity contribution in [2.45, 2.75) is 25.7 Å². The average Bonchev–Trinajstić information content (AvgIpc) is 2.47. The number of alkyl halides is 2. The van der Waals surface area contributed by atoms with Gasteiger partial charge in [0.15, 0.2) is 11.5 Å². The fourth-order valence-corrected chi connectivity index (χ4v) is 2.76. The molecule has 0 amide bonds. The van der Waals surface area contributed by atoms with E-state index in [0.717, 1.165) is 37.9 Å². The van der Waals surface area contributed by atoms with Crippen LogP contribution in [-0.4, -0.2) is 27.3 Å². The Labute approximate surface area is 118 Å². The Morgan fingerprint density at radius 2 is 2.10 bits per heavy atom. The smallest absolute Gasteiger partial charge is 0.267 e. The van der Waals surface area contributed by atoms with Gasteiger partial charge in [-0.05, 0) is 56.0 Å². The number of benzene rings is 1. The van der Waals surface area contributed by atoms with Crippen LogP contribution in [0, 0.1) is 5.92 Å². The second-order valence-electron chi connectivity index (χ2n) is 5.14. The van der Waals surface area contributed by atoms with Crippen LogP contribution in [0.3, 0.4) is 0 Å². The van der Waals surface area contributed by atoms with Gasteiger partial charge in [-0.3, -0.25) is 0 Å². The molecule has 112 valence electrons. The van der Waals surface area contributed by atoms with Gasteiger partial charge in [0.05, 0.1) is 19.8 Å². The molecule has 1 aliphatic rings. The SMILES string of the molecule is COc1cc(CC2CCCNC2)cc(C(F)F)c1OC. The third-order valence-electron chi connectivity index (χ3n) is 3.73. The second kappa shape index (κ2) is 6.88. The summed E-state index contributed by atoms with van der Waals surface area (Å²) in [6.07, 6.45) is 0.487. The number of piperidine rings is 1. The number of ether oxygens (including phenoxy) is 2. The number of hydrogen-bond donors (Lipinski definition) is 1. The molecule has 1 atom stereocenters. The molecule has 0 radical (unpaired) electrons. The normalized spacial score (nSPS) is 19.1. The molecule has 3 nitrogen and oxygen atoms in total. The molecule has 5 heteroatoms. The highest BCUT2D eigenvalue weighted by atomic mass is 19.3. The fourth-order valence-electron chi connectivity index (χ4n) is 2.76. The predicted octanol–water partition coefficient (Wildman–Crippen LogP) is 3.18. The Hall–Kier alpha value is -1.36. The summed E-state index contributed by atoms with van der Waals surface area (Å²) < 4.78 is 36.5. The van der Waals surface area contributed by atoms with Gasteiger partial charge in [-0.25, -0.2) is 8.78 Å². The van der Waals surface area contributed by atoms with E-state index in [1.54, 1.807) is 12.1 Å². The Morgan fingerprint density at radius 1 is 1.30 bits per heavy atom. The summed E-state index contributed by atoms with van der Waals surface area (Å²) in [6, 6.07) is 3.35. The summed E-state index contributed by atoms with van der Waals surface area (Å²) >= 11 is 0. The molecular weight excluding hydrogens is 264 g/mol. The maximum atomic E-state index is 13.1. The van der Waals surface area contributed by atoms with Gasteiger partial charge in [-0.15, -0.1) is 0 Å². The zero-order valence-electron chi connectivity index (χ0n) is 11.9. The van der Waals surface area contributed by atoms with Gasteiger partial charge in [-0.1, -0.05) is 0 Å². The molecular formula is C15H21F2NO2. The molecule has 0 aliphatic carbocycles.